The second kappa shape index (κ2) is 22.6. The first-order chi connectivity index (χ1) is 25.0. The number of hydrogen-bond acceptors (Lipinski definition) is 5. The third-order valence-electron chi connectivity index (χ3n) is 9.60. The Labute approximate surface area is 308 Å². The predicted octanol–water partition coefficient (Wildman–Crippen LogP) is 11.6. The van der Waals surface area contributed by atoms with E-state index in [1.54, 1.807) is 24.3 Å². The minimum Gasteiger partial charge on any atom is -0.373 e. The lowest BCUT2D eigenvalue weighted by Gasteiger charge is -2.37. The number of unbranched alkanes of at least 4 members (excludes halogenated alkanes) is 13. The minimum absolute atomic E-state index is 0.126. The summed E-state index contributed by atoms with van der Waals surface area (Å²) in [5.74, 6) is 0. The van der Waals surface area contributed by atoms with Crippen molar-refractivity contribution in [3.05, 3.63) is 138 Å². The summed E-state index contributed by atoms with van der Waals surface area (Å²) >= 11 is 0. The Hall–Kier alpha value is -3.29. The van der Waals surface area contributed by atoms with Gasteiger partial charge in [-0.3, -0.25) is 4.18 Å². The zero-order chi connectivity index (χ0) is 36.0. The number of aryl methyl sites for hydroxylation is 1. The normalized spacial score (nSPS) is 12.6. The van der Waals surface area contributed by atoms with Crippen LogP contribution in [0.25, 0.3) is 0 Å². The molecule has 0 saturated heterocycles. The van der Waals surface area contributed by atoms with Crippen LogP contribution in [0.5, 0.6) is 0 Å². The van der Waals surface area contributed by atoms with Crippen LogP contribution >= 0.6 is 0 Å². The lowest BCUT2D eigenvalue weighted by molar-refractivity contribution is -0.0774. The van der Waals surface area contributed by atoms with Crippen molar-refractivity contribution in [1.29, 1.82) is 0 Å². The predicted molar refractivity (Wildman–Crippen MR) is 210 cm³/mol. The highest BCUT2D eigenvalue weighted by molar-refractivity contribution is 7.86. The molecule has 5 nitrogen and oxygen atoms in total. The Morgan fingerprint density at radius 3 is 1.37 bits per heavy atom. The van der Waals surface area contributed by atoms with Crippen LogP contribution in [0, 0.1) is 6.92 Å². The van der Waals surface area contributed by atoms with Crippen molar-refractivity contribution < 1.29 is 22.1 Å². The molecule has 6 heteroatoms. The van der Waals surface area contributed by atoms with Crippen molar-refractivity contribution in [2.45, 2.75) is 120 Å². The first-order valence-electron chi connectivity index (χ1n) is 19.3. The molecule has 0 bridgehead atoms. The Kier molecular flexibility index (Phi) is 17.9. The van der Waals surface area contributed by atoms with Crippen molar-refractivity contribution in [2.24, 2.45) is 0 Å². The fraction of sp³-hybridized carbons (Fsp3) is 0.467. The fourth-order valence-corrected chi connectivity index (χ4v) is 7.55. The van der Waals surface area contributed by atoms with Gasteiger partial charge in [-0.25, -0.2) is 0 Å². The Morgan fingerprint density at radius 1 is 0.529 bits per heavy atom. The van der Waals surface area contributed by atoms with E-state index in [9.17, 15) is 8.42 Å². The van der Waals surface area contributed by atoms with Gasteiger partial charge in [-0.1, -0.05) is 199 Å². The lowest BCUT2D eigenvalue weighted by atomic mass is 9.80. The molecule has 0 aliphatic carbocycles. The van der Waals surface area contributed by atoms with Crippen molar-refractivity contribution in [2.75, 3.05) is 19.8 Å². The Bertz CT molecular complexity index is 1480. The van der Waals surface area contributed by atoms with Crippen LogP contribution in [0.3, 0.4) is 0 Å². The van der Waals surface area contributed by atoms with E-state index in [4.69, 9.17) is 13.7 Å². The van der Waals surface area contributed by atoms with E-state index in [2.05, 4.69) is 43.3 Å². The molecular weight excluding hydrogens is 653 g/mol. The molecule has 0 N–H and O–H groups in total. The first-order valence-corrected chi connectivity index (χ1v) is 20.7. The van der Waals surface area contributed by atoms with Gasteiger partial charge in [0.15, 0.2) is 0 Å². The van der Waals surface area contributed by atoms with Crippen LogP contribution in [-0.2, 0) is 29.4 Å². The van der Waals surface area contributed by atoms with Gasteiger partial charge in [-0.15, -0.1) is 0 Å². The second-order valence-corrected chi connectivity index (χ2v) is 15.3. The maximum atomic E-state index is 13.2. The average Bonchev–Trinajstić information content (AvgIpc) is 3.16. The Morgan fingerprint density at radius 2 is 0.941 bits per heavy atom. The van der Waals surface area contributed by atoms with Crippen LogP contribution in [0.15, 0.2) is 120 Å². The summed E-state index contributed by atoms with van der Waals surface area (Å²) in [6.07, 6.45) is 17.4. The SMILES string of the molecule is CCCCCCCCCCCCCCCCOC(COC(c1ccccc1)(c1ccccc1)c1ccccc1)COS(=O)(=O)c1ccc(C)cc1. The lowest BCUT2D eigenvalue weighted by Crippen LogP contribution is -2.38. The quantitative estimate of drug-likeness (QED) is 0.0368. The molecule has 0 heterocycles. The largest absolute Gasteiger partial charge is 0.373 e. The van der Waals surface area contributed by atoms with E-state index in [1.807, 2.05) is 61.5 Å². The summed E-state index contributed by atoms with van der Waals surface area (Å²) < 4.78 is 45.5. The maximum absolute atomic E-state index is 13.2. The van der Waals surface area contributed by atoms with Crippen molar-refractivity contribution >= 4 is 10.1 Å². The van der Waals surface area contributed by atoms with E-state index >= 15 is 0 Å². The molecule has 0 saturated carbocycles. The fourth-order valence-electron chi connectivity index (χ4n) is 6.62. The van der Waals surface area contributed by atoms with Crippen molar-refractivity contribution in [3.63, 3.8) is 0 Å². The topological polar surface area (TPSA) is 61.8 Å². The number of hydrogen-bond donors (Lipinski definition) is 0. The summed E-state index contributed by atoms with van der Waals surface area (Å²) in [5, 5.41) is 0. The zero-order valence-electron chi connectivity index (χ0n) is 31.0. The Balaban J connectivity index is 1.38. The minimum atomic E-state index is -3.98. The van der Waals surface area contributed by atoms with Crippen LogP contribution < -0.4 is 0 Å². The monoisotopic (exact) mass is 712 g/mol. The smallest absolute Gasteiger partial charge is 0.297 e. The molecule has 0 amide bonds. The van der Waals surface area contributed by atoms with Crippen molar-refractivity contribution in [3.8, 4) is 0 Å². The molecule has 4 rings (SSSR count). The summed E-state index contributed by atoms with van der Waals surface area (Å²) in [5.41, 5.74) is 2.95. The molecule has 1 unspecified atom stereocenters. The van der Waals surface area contributed by atoms with Gasteiger partial charge >= 0.3 is 0 Å². The molecule has 0 aliphatic heterocycles. The van der Waals surface area contributed by atoms with Gasteiger partial charge in [-0.2, -0.15) is 8.42 Å². The summed E-state index contributed by atoms with van der Waals surface area (Å²) in [7, 11) is -3.98. The molecular formula is C45H60O5S. The van der Waals surface area contributed by atoms with Gasteiger partial charge < -0.3 is 9.47 Å². The highest BCUT2D eigenvalue weighted by Gasteiger charge is 2.38. The third kappa shape index (κ3) is 13.3. The van der Waals surface area contributed by atoms with Gasteiger partial charge in [0.1, 0.15) is 11.7 Å². The standard InChI is InChI=1S/C45H60O5S/c1-3-4-5-6-7-8-9-10-11-12-13-14-15-25-36-48-43(38-50-51(46,47)44-34-32-39(2)33-35-44)37-49-45(40-26-19-16-20-27-40,41-28-21-17-22-29-41)42-30-23-18-24-31-42/h16-24,26-35,43H,3-15,25,36-38H2,1-2H3. The summed E-state index contributed by atoms with van der Waals surface area (Å²) in [6, 6.07) is 37.2. The van der Waals surface area contributed by atoms with Gasteiger partial charge in [0.25, 0.3) is 10.1 Å². The highest BCUT2D eigenvalue weighted by atomic mass is 32.2. The molecule has 0 aromatic heterocycles. The molecule has 0 fully saturated rings. The van der Waals surface area contributed by atoms with Crippen molar-refractivity contribution in [1.82, 2.24) is 0 Å². The molecule has 0 spiro atoms. The summed E-state index contributed by atoms with van der Waals surface area (Å²) in [4.78, 5) is 0.131. The molecule has 51 heavy (non-hydrogen) atoms. The molecule has 276 valence electrons. The average molecular weight is 713 g/mol. The molecule has 4 aromatic carbocycles. The molecule has 4 aromatic rings. The number of ether oxygens (including phenoxy) is 2. The zero-order valence-corrected chi connectivity index (χ0v) is 31.8. The van der Waals surface area contributed by atoms with Crippen LogP contribution in [0.2, 0.25) is 0 Å². The van der Waals surface area contributed by atoms with Gasteiger partial charge in [0.2, 0.25) is 0 Å². The molecule has 0 radical (unpaired) electrons. The number of rotatable bonds is 26. The van der Waals surface area contributed by atoms with Crippen LogP contribution in [-0.4, -0.2) is 34.3 Å². The van der Waals surface area contributed by atoms with Gasteiger partial charge in [0.05, 0.1) is 18.1 Å². The molecule has 1 atom stereocenters. The highest BCUT2D eigenvalue weighted by Crippen LogP contribution is 2.40. The second-order valence-electron chi connectivity index (χ2n) is 13.7. The van der Waals surface area contributed by atoms with E-state index in [0.717, 1.165) is 35.1 Å². The third-order valence-corrected chi connectivity index (χ3v) is 10.9. The van der Waals surface area contributed by atoms with Crippen LogP contribution in [0.1, 0.15) is 119 Å². The van der Waals surface area contributed by atoms with E-state index in [-0.39, 0.29) is 18.1 Å². The van der Waals surface area contributed by atoms with E-state index in [0.29, 0.717) is 6.61 Å². The van der Waals surface area contributed by atoms with E-state index < -0.39 is 21.8 Å². The number of benzene rings is 4. The van der Waals surface area contributed by atoms with Crippen LogP contribution in [0.4, 0.5) is 0 Å². The maximum Gasteiger partial charge on any atom is 0.297 e. The van der Waals surface area contributed by atoms with Gasteiger partial charge in [-0.05, 0) is 42.2 Å². The first kappa shape index (κ1) is 40.5. The van der Waals surface area contributed by atoms with Gasteiger partial charge in [0, 0.05) is 6.61 Å². The summed E-state index contributed by atoms with van der Waals surface area (Å²) in [6.45, 7) is 4.68. The van der Waals surface area contributed by atoms with E-state index in [1.165, 1.54) is 77.0 Å². The molecule has 0 aliphatic rings.